The number of non-ortho nitro benzene ring substituents is 1. The number of alkyl halides is 1. The summed E-state index contributed by atoms with van der Waals surface area (Å²) in [5.41, 5.74) is 0.214. The van der Waals surface area contributed by atoms with E-state index in [0.29, 0.717) is 10.0 Å². The summed E-state index contributed by atoms with van der Waals surface area (Å²) in [5, 5.41) is 13.9. The van der Waals surface area contributed by atoms with Crippen molar-refractivity contribution in [1.82, 2.24) is 5.32 Å². The zero-order valence-electron chi connectivity index (χ0n) is 11.4. The molecule has 2 unspecified atom stereocenters. The van der Waals surface area contributed by atoms with Gasteiger partial charge in [0.1, 0.15) is 0 Å². The van der Waals surface area contributed by atoms with Crippen LogP contribution in [0.4, 0.5) is 5.69 Å². The molecule has 2 atom stereocenters. The van der Waals surface area contributed by atoms with Gasteiger partial charge in [0, 0.05) is 33.0 Å². The molecular weight excluding hydrogens is 404 g/mol. The van der Waals surface area contributed by atoms with Crippen molar-refractivity contribution in [3.63, 3.8) is 0 Å². The Morgan fingerprint density at radius 1 is 1.24 bits per heavy atom. The summed E-state index contributed by atoms with van der Waals surface area (Å²) in [4.78, 5) is 22.9. The van der Waals surface area contributed by atoms with Crippen LogP contribution >= 0.6 is 31.9 Å². The Balaban J connectivity index is 2.14. The standard InChI is InChI=1S/C14H16Br2N2O3/c15-10-6-9(7-11(8-10)18(20)21)14(19)17-13-5-3-1-2-4-12(13)16/h6-8,12-13H,1-5H2,(H,17,19). The molecule has 0 saturated heterocycles. The molecule has 1 aliphatic rings. The quantitative estimate of drug-likeness (QED) is 0.345. The van der Waals surface area contributed by atoms with E-state index in [1.807, 2.05) is 0 Å². The Bertz CT molecular complexity index is 551. The molecule has 21 heavy (non-hydrogen) atoms. The third kappa shape index (κ3) is 4.51. The molecule has 7 heteroatoms. The van der Waals surface area contributed by atoms with E-state index in [2.05, 4.69) is 37.2 Å². The average molecular weight is 420 g/mol. The zero-order chi connectivity index (χ0) is 15.4. The number of hydrogen-bond acceptors (Lipinski definition) is 3. The van der Waals surface area contributed by atoms with E-state index in [9.17, 15) is 14.9 Å². The number of halogens is 2. The van der Waals surface area contributed by atoms with E-state index in [1.165, 1.54) is 18.6 Å². The first-order valence-electron chi connectivity index (χ1n) is 6.87. The maximum atomic E-state index is 12.3. The molecule has 1 N–H and O–H groups in total. The van der Waals surface area contributed by atoms with Crippen LogP contribution in [0, 0.1) is 10.1 Å². The fourth-order valence-electron chi connectivity index (χ4n) is 2.49. The SMILES string of the molecule is O=C(NC1CCCCCC1Br)c1cc(Br)cc([N+](=O)[O-])c1. The van der Waals surface area contributed by atoms with Crippen molar-refractivity contribution >= 4 is 43.5 Å². The molecule has 0 bridgehead atoms. The third-order valence-electron chi connectivity index (χ3n) is 3.60. The van der Waals surface area contributed by atoms with Crippen LogP contribution in [0.15, 0.2) is 22.7 Å². The van der Waals surface area contributed by atoms with Gasteiger partial charge in [0.05, 0.1) is 4.92 Å². The molecule has 1 aromatic rings. The summed E-state index contributed by atoms with van der Waals surface area (Å²) in [6.45, 7) is 0. The van der Waals surface area contributed by atoms with Crippen LogP contribution in [-0.4, -0.2) is 21.7 Å². The summed E-state index contributed by atoms with van der Waals surface area (Å²) >= 11 is 6.83. The van der Waals surface area contributed by atoms with Crippen molar-refractivity contribution in [2.45, 2.75) is 43.0 Å². The van der Waals surface area contributed by atoms with Crippen LogP contribution in [0.2, 0.25) is 0 Å². The highest BCUT2D eigenvalue weighted by atomic mass is 79.9. The smallest absolute Gasteiger partial charge is 0.271 e. The van der Waals surface area contributed by atoms with Crippen LogP contribution in [0.25, 0.3) is 0 Å². The van der Waals surface area contributed by atoms with Crippen LogP contribution in [0.1, 0.15) is 42.5 Å². The van der Waals surface area contributed by atoms with Crippen molar-refractivity contribution in [2.24, 2.45) is 0 Å². The number of carbonyl (C=O) groups is 1. The van der Waals surface area contributed by atoms with Gasteiger partial charge in [0.15, 0.2) is 0 Å². The van der Waals surface area contributed by atoms with Crippen molar-refractivity contribution in [3.05, 3.63) is 38.3 Å². The molecule has 0 aliphatic heterocycles. The lowest BCUT2D eigenvalue weighted by Gasteiger charge is -2.21. The van der Waals surface area contributed by atoms with E-state index in [-0.39, 0.29) is 22.5 Å². The lowest BCUT2D eigenvalue weighted by atomic mass is 10.1. The molecule has 0 heterocycles. The van der Waals surface area contributed by atoms with Crippen LogP contribution < -0.4 is 5.32 Å². The second-order valence-corrected chi connectivity index (χ2v) is 7.28. The van der Waals surface area contributed by atoms with Gasteiger partial charge in [-0.2, -0.15) is 0 Å². The van der Waals surface area contributed by atoms with Crippen molar-refractivity contribution in [2.75, 3.05) is 0 Å². The summed E-state index contributed by atoms with van der Waals surface area (Å²) in [6, 6.07) is 4.36. The van der Waals surface area contributed by atoms with E-state index in [1.54, 1.807) is 6.07 Å². The molecule has 1 aliphatic carbocycles. The lowest BCUT2D eigenvalue weighted by Crippen LogP contribution is -2.40. The summed E-state index contributed by atoms with van der Waals surface area (Å²) in [6.07, 6.45) is 5.38. The van der Waals surface area contributed by atoms with Gasteiger partial charge in [0.2, 0.25) is 0 Å². The first-order valence-corrected chi connectivity index (χ1v) is 8.58. The Morgan fingerprint density at radius 3 is 2.67 bits per heavy atom. The molecule has 1 amide bonds. The molecular formula is C14H16Br2N2O3. The zero-order valence-corrected chi connectivity index (χ0v) is 14.5. The Labute approximate surface area is 139 Å². The predicted molar refractivity (Wildman–Crippen MR) is 87.9 cm³/mol. The highest BCUT2D eigenvalue weighted by molar-refractivity contribution is 9.10. The van der Waals surface area contributed by atoms with Crippen LogP contribution in [0.5, 0.6) is 0 Å². The largest absolute Gasteiger partial charge is 0.348 e. The maximum Gasteiger partial charge on any atom is 0.271 e. The second-order valence-electron chi connectivity index (χ2n) is 5.19. The summed E-state index contributed by atoms with van der Waals surface area (Å²) < 4.78 is 0.526. The van der Waals surface area contributed by atoms with Gasteiger partial charge >= 0.3 is 0 Å². The second kappa shape index (κ2) is 7.35. The van der Waals surface area contributed by atoms with Gasteiger partial charge in [0.25, 0.3) is 11.6 Å². The van der Waals surface area contributed by atoms with Gasteiger partial charge in [-0.25, -0.2) is 0 Å². The molecule has 1 fully saturated rings. The van der Waals surface area contributed by atoms with Crippen molar-refractivity contribution in [1.29, 1.82) is 0 Å². The molecule has 1 saturated carbocycles. The first kappa shape index (κ1) is 16.4. The third-order valence-corrected chi connectivity index (χ3v) is 5.16. The number of benzene rings is 1. The van der Waals surface area contributed by atoms with E-state index >= 15 is 0 Å². The van der Waals surface area contributed by atoms with E-state index < -0.39 is 4.92 Å². The molecule has 114 valence electrons. The normalized spacial score (nSPS) is 22.4. The monoisotopic (exact) mass is 418 g/mol. The topological polar surface area (TPSA) is 72.2 Å². The highest BCUT2D eigenvalue weighted by Crippen LogP contribution is 2.25. The van der Waals surface area contributed by atoms with Crippen LogP contribution in [-0.2, 0) is 0 Å². The van der Waals surface area contributed by atoms with E-state index in [4.69, 9.17) is 0 Å². The minimum Gasteiger partial charge on any atom is -0.348 e. The molecule has 0 aromatic heterocycles. The number of nitrogens with one attached hydrogen (secondary N) is 1. The number of nitro benzene ring substituents is 1. The van der Waals surface area contributed by atoms with Crippen LogP contribution in [0.3, 0.4) is 0 Å². The Kier molecular flexibility index (Phi) is 5.75. The minimum absolute atomic E-state index is 0.0676. The molecule has 1 aromatic carbocycles. The average Bonchev–Trinajstić information content (AvgIpc) is 2.63. The summed E-state index contributed by atoms with van der Waals surface area (Å²) in [5.74, 6) is -0.268. The van der Waals surface area contributed by atoms with Gasteiger partial charge in [-0.1, -0.05) is 51.1 Å². The number of rotatable bonds is 3. The van der Waals surface area contributed by atoms with Gasteiger partial charge in [-0.05, 0) is 18.9 Å². The molecule has 5 nitrogen and oxygen atoms in total. The van der Waals surface area contributed by atoms with E-state index in [0.717, 1.165) is 25.7 Å². The van der Waals surface area contributed by atoms with Crippen molar-refractivity contribution < 1.29 is 9.72 Å². The fourth-order valence-corrected chi connectivity index (χ4v) is 3.69. The molecule has 0 spiro atoms. The van der Waals surface area contributed by atoms with Gasteiger partial charge in [-0.15, -0.1) is 0 Å². The Hall–Kier alpha value is -0.950. The number of nitro groups is 1. The number of carbonyl (C=O) groups excluding carboxylic acids is 1. The summed E-state index contributed by atoms with van der Waals surface area (Å²) in [7, 11) is 0. The highest BCUT2D eigenvalue weighted by Gasteiger charge is 2.24. The van der Waals surface area contributed by atoms with Gasteiger partial charge in [-0.3, -0.25) is 14.9 Å². The first-order chi connectivity index (χ1) is 9.97. The maximum absolute atomic E-state index is 12.3. The Morgan fingerprint density at radius 2 is 1.95 bits per heavy atom. The number of amides is 1. The molecule has 2 rings (SSSR count). The lowest BCUT2D eigenvalue weighted by molar-refractivity contribution is -0.385. The fraction of sp³-hybridized carbons (Fsp3) is 0.500. The molecule has 0 radical (unpaired) electrons. The minimum atomic E-state index is -0.500. The predicted octanol–water partition coefficient (Wildman–Crippen LogP) is 4.18. The number of hydrogen-bond donors (Lipinski definition) is 1. The number of nitrogens with zero attached hydrogens (tertiary/aromatic N) is 1. The van der Waals surface area contributed by atoms with Crippen molar-refractivity contribution in [3.8, 4) is 0 Å². The van der Waals surface area contributed by atoms with Gasteiger partial charge < -0.3 is 5.32 Å².